The Balaban J connectivity index is 1.57. The highest BCUT2D eigenvalue weighted by Crippen LogP contribution is 2.43. The van der Waals surface area contributed by atoms with Gasteiger partial charge in [0.25, 0.3) is 5.91 Å². The average Bonchev–Trinajstić information content (AvgIpc) is 3.39. The number of nitrogens with one attached hydrogen (secondary N) is 1. The van der Waals surface area contributed by atoms with E-state index in [0.29, 0.717) is 17.4 Å². The molecule has 1 unspecified atom stereocenters. The number of aromatic nitrogens is 1. The number of anilines is 1. The fourth-order valence-electron chi connectivity index (χ4n) is 4.97. The Morgan fingerprint density at radius 1 is 1.15 bits per heavy atom. The molecule has 0 aliphatic heterocycles. The summed E-state index contributed by atoms with van der Waals surface area (Å²) in [6.07, 6.45) is 6.55. The van der Waals surface area contributed by atoms with Crippen molar-refractivity contribution in [2.75, 3.05) is 19.5 Å². The zero-order valence-electron chi connectivity index (χ0n) is 21.9. The number of carboxylic acids is 1. The molecule has 1 fully saturated rings. The molecule has 10 heteroatoms. The lowest BCUT2D eigenvalue weighted by atomic mass is 9.82. The fraction of sp³-hybridized carbons (Fsp3) is 0.345. The molecule has 2 N–H and O–H groups in total. The number of ether oxygens (including phenoxy) is 2. The van der Waals surface area contributed by atoms with E-state index >= 15 is 0 Å². The van der Waals surface area contributed by atoms with Crippen LogP contribution in [-0.2, 0) is 9.53 Å². The highest BCUT2D eigenvalue weighted by Gasteiger charge is 2.29. The number of carbonyl (C=O) groups is 2. The number of para-hydroxylation sites is 1. The molecule has 1 heterocycles. The molecule has 0 spiro atoms. The second kappa shape index (κ2) is 12.5. The van der Waals surface area contributed by atoms with E-state index in [4.69, 9.17) is 14.6 Å². The number of benzene rings is 2. The Morgan fingerprint density at radius 2 is 1.85 bits per heavy atom. The van der Waals surface area contributed by atoms with Crippen LogP contribution in [0.15, 0.2) is 41.3 Å². The molecule has 206 valence electrons. The first kappa shape index (κ1) is 28.4. The maximum Gasteiger partial charge on any atom is 0.331 e. The smallest absolute Gasteiger partial charge is 0.331 e. The third kappa shape index (κ3) is 6.34. The minimum atomic E-state index is -1.30. The third-order valence-electron chi connectivity index (χ3n) is 6.93. The lowest BCUT2D eigenvalue weighted by Crippen LogP contribution is -2.18. The van der Waals surface area contributed by atoms with E-state index in [9.17, 15) is 18.4 Å². The van der Waals surface area contributed by atoms with Crippen molar-refractivity contribution < 1.29 is 33.0 Å². The SMILES string of the molecule is COc1c(-c2csc(NC(=O)c3cc(F)c(C=C(C)C(=O)O)c(F)c3)n2)cccc1C(OC)C1CCCCC1. The maximum atomic E-state index is 14.5. The number of hydrogen-bond acceptors (Lipinski definition) is 6. The number of carboxylic acid groups (broad SMARTS) is 1. The van der Waals surface area contributed by atoms with Crippen LogP contribution in [-0.4, -0.2) is 36.2 Å². The number of carbonyl (C=O) groups excluding carboxylic acids is 1. The molecular weight excluding hydrogens is 526 g/mol. The van der Waals surface area contributed by atoms with Crippen LogP contribution in [0.4, 0.5) is 13.9 Å². The number of nitrogens with zero attached hydrogens (tertiary/aromatic N) is 1. The summed E-state index contributed by atoms with van der Waals surface area (Å²) < 4.78 is 40.8. The van der Waals surface area contributed by atoms with Crippen LogP contribution in [0.25, 0.3) is 17.3 Å². The summed E-state index contributed by atoms with van der Waals surface area (Å²) in [7, 11) is 3.31. The molecule has 0 bridgehead atoms. The van der Waals surface area contributed by atoms with Gasteiger partial charge in [-0.2, -0.15) is 0 Å². The summed E-state index contributed by atoms with van der Waals surface area (Å²) >= 11 is 1.17. The van der Waals surface area contributed by atoms with E-state index in [0.717, 1.165) is 42.2 Å². The van der Waals surface area contributed by atoms with Crippen molar-refractivity contribution in [1.82, 2.24) is 4.98 Å². The Kier molecular flexibility index (Phi) is 9.08. The van der Waals surface area contributed by atoms with Gasteiger partial charge in [-0.1, -0.05) is 31.4 Å². The predicted molar refractivity (Wildman–Crippen MR) is 146 cm³/mol. The first-order valence-electron chi connectivity index (χ1n) is 12.6. The van der Waals surface area contributed by atoms with Crippen molar-refractivity contribution in [3.8, 4) is 17.0 Å². The third-order valence-corrected chi connectivity index (χ3v) is 7.69. The number of hydrogen-bond donors (Lipinski definition) is 2. The van der Waals surface area contributed by atoms with Gasteiger partial charge < -0.3 is 14.6 Å². The number of methoxy groups -OCH3 is 2. The fourth-order valence-corrected chi connectivity index (χ4v) is 5.68. The molecule has 2 aromatic carbocycles. The zero-order valence-corrected chi connectivity index (χ0v) is 22.7. The van der Waals surface area contributed by atoms with Crippen molar-refractivity contribution in [2.45, 2.75) is 45.1 Å². The second-order valence-corrected chi connectivity index (χ2v) is 10.3. The van der Waals surface area contributed by atoms with Gasteiger partial charge in [0, 0.05) is 40.3 Å². The number of thiazole rings is 1. The largest absolute Gasteiger partial charge is 0.496 e. The average molecular weight is 557 g/mol. The molecule has 1 aliphatic carbocycles. The number of amides is 1. The highest BCUT2D eigenvalue weighted by molar-refractivity contribution is 7.14. The molecule has 1 aromatic heterocycles. The molecule has 3 aromatic rings. The first-order valence-corrected chi connectivity index (χ1v) is 13.5. The van der Waals surface area contributed by atoms with Crippen molar-refractivity contribution in [2.24, 2.45) is 5.92 Å². The standard InChI is InChI=1S/C29H30F2N2O5S/c1-16(28(35)36)12-21-22(30)13-18(14-23(21)31)27(34)33-29-32-24(15-39-29)19-10-7-11-20(26(19)38-3)25(37-2)17-8-5-4-6-9-17/h7,10-15,17,25H,4-6,8-9H2,1-3H3,(H,35,36)(H,32,33,34). The molecule has 0 saturated heterocycles. The van der Waals surface area contributed by atoms with Crippen LogP contribution < -0.4 is 10.1 Å². The monoisotopic (exact) mass is 556 g/mol. The Bertz CT molecular complexity index is 1380. The van der Waals surface area contributed by atoms with Crippen LogP contribution >= 0.6 is 11.3 Å². The highest BCUT2D eigenvalue weighted by atomic mass is 32.1. The minimum Gasteiger partial charge on any atom is -0.496 e. The molecule has 1 amide bonds. The van der Waals surface area contributed by atoms with Gasteiger partial charge in [0.05, 0.1) is 18.9 Å². The second-order valence-electron chi connectivity index (χ2n) is 9.46. The summed E-state index contributed by atoms with van der Waals surface area (Å²) in [5.74, 6) is -3.10. The van der Waals surface area contributed by atoms with Gasteiger partial charge in [-0.05, 0) is 50.0 Å². The molecule has 7 nitrogen and oxygen atoms in total. The summed E-state index contributed by atoms with van der Waals surface area (Å²) in [6, 6.07) is 7.52. The molecule has 4 rings (SSSR count). The Labute approximate surface area is 229 Å². The molecule has 0 radical (unpaired) electrons. The summed E-state index contributed by atoms with van der Waals surface area (Å²) in [6.45, 7) is 1.22. The minimum absolute atomic E-state index is 0.111. The van der Waals surface area contributed by atoms with Crippen LogP contribution in [0.5, 0.6) is 5.75 Å². The van der Waals surface area contributed by atoms with E-state index in [1.165, 1.54) is 37.5 Å². The van der Waals surface area contributed by atoms with Crippen molar-refractivity contribution in [3.63, 3.8) is 0 Å². The Hall–Kier alpha value is -3.63. The number of rotatable bonds is 9. The van der Waals surface area contributed by atoms with E-state index in [1.54, 1.807) is 19.6 Å². The quantitative estimate of drug-likeness (QED) is 0.273. The van der Waals surface area contributed by atoms with E-state index < -0.39 is 29.1 Å². The topological polar surface area (TPSA) is 97.8 Å². The van der Waals surface area contributed by atoms with Gasteiger partial charge in [-0.15, -0.1) is 11.3 Å². The van der Waals surface area contributed by atoms with E-state index in [2.05, 4.69) is 10.3 Å². The Morgan fingerprint density at radius 3 is 2.46 bits per heavy atom. The van der Waals surface area contributed by atoms with E-state index in [1.807, 2.05) is 18.2 Å². The summed E-state index contributed by atoms with van der Waals surface area (Å²) in [5.41, 5.74) is 1.23. The van der Waals surface area contributed by atoms with Crippen LogP contribution in [0, 0.1) is 17.6 Å². The maximum absolute atomic E-state index is 14.5. The summed E-state index contributed by atoms with van der Waals surface area (Å²) in [5, 5.41) is 13.6. The van der Waals surface area contributed by atoms with Crippen molar-refractivity contribution >= 4 is 34.4 Å². The van der Waals surface area contributed by atoms with Crippen LogP contribution in [0.2, 0.25) is 0 Å². The van der Waals surface area contributed by atoms with E-state index in [-0.39, 0.29) is 22.4 Å². The van der Waals surface area contributed by atoms with Crippen molar-refractivity contribution in [3.05, 3.63) is 69.6 Å². The first-order chi connectivity index (χ1) is 18.7. The predicted octanol–water partition coefficient (Wildman–Crippen LogP) is 7.10. The molecule has 1 atom stereocenters. The van der Waals surface area contributed by atoms with Gasteiger partial charge >= 0.3 is 5.97 Å². The van der Waals surface area contributed by atoms with Crippen LogP contribution in [0.1, 0.15) is 66.6 Å². The van der Waals surface area contributed by atoms with Gasteiger partial charge in [0.15, 0.2) is 5.13 Å². The van der Waals surface area contributed by atoms with Gasteiger partial charge in [-0.25, -0.2) is 18.6 Å². The van der Waals surface area contributed by atoms with Gasteiger partial charge in [0.1, 0.15) is 17.4 Å². The molecule has 1 aliphatic rings. The van der Waals surface area contributed by atoms with Crippen molar-refractivity contribution in [1.29, 1.82) is 0 Å². The van der Waals surface area contributed by atoms with Gasteiger partial charge in [-0.3, -0.25) is 10.1 Å². The van der Waals surface area contributed by atoms with Crippen LogP contribution in [0.3, 0.4) is 0 Å². The normalized spacial score (nSPS) is 15.2. The molecule has 1 saturated carbocycles. The number of halogens is 2. The molecular formula is C29H30F2N2O5S. The lowest BCUT2D eigenvalue weighted by molar-refractivity contribution is -0.132. The zero-order chi connectivity index (χ0) is 28.1. The summed E-state index contributed by atoms with van der Waals surface area (Å²) in [4.78, 5) is 28.3. The molecule has 39 heavy (non-hydrogen) atoms. The van der Waals surface area contributed by atoms with Gasteiger partial charge in [0.2, 0.25) is 0 Å². The number of aliphatic carboxylic acids is 1. The lowest BCUT2D eigenvalue weighted by Gasteiger charge is -2.30.